The van der Waals surface area contributed by atoms with E-state index in [9.17, 15) is 0 Å². The van der Waals surface area contributed by atoms with Crippen molar-refractivity contribution in [1.82, 2.24) is 0 Å². The fourth-order valence-electron chi connectivity index (χ4n) is 2.14. The number of hydrogen-bond donors (Lipinski definition) is 2. The molecule has 0 amide bonds. The van der Waals surface area contributed by atoms with Crippen molar-refractivity contribution in [2.75, 3.05) is 20.3 Å². The summed E-state index contributed by atoms with van der Waals surface area (Å²) < 4.78 is 10.6. The van der Waals surface area contributed by atoms with Crippen LogP contribution in [0.1, 0.15) is 23.2 Å². The Labute approximate surface area is 125 Å². The van der Waals surface area contributed by atoms with Crippen LogP contribution in [0.2, 0.25) is 0 Å². The van der Waals surface area contributed by atoms with E-state index in [0.717, 1.165) is 16.9 Å². The summed E-state index contributed by atoms with van der Waals surface area (Å²) in [4.78, 5) is 0. The second kappa shape index (κ2) is 7.78. The van der Waals surface area contributed by atoms with E-state index in [-0.39, 0.29) is 12.1 Å². The first-order chi connectivity index (χ1) is 10.2. The zero-order chi connectivity index (χ0) is 15.1. The van der Waals surface area contributed by atoms with Gasteiger partial charge in [-0.05, 0) is 23.3 Å². The number of ether oxygens (including phenoxy) is 2. The average Bonchev–Trinajstić information content (AvgIpc) is 2.55. The minimum absolute atomic E-state index is 0.250. The molecule has 2 unspecified atom stereocenters. The van der Waals surface area contributed by atoms with Crippen molar-refractivity contribution in [3.63, 3.8) is 0 Å². The second-order valence-corrected chi connectivity index (χ2v) is 4.88. The van der Waals surface area contributed by atoms with Crippen LogP contribution in [0, 0.1) is 0 Å². The fourth-order valence-corrected chi connectivity index (χ4v) is 2.14. The van der Waals surface area contributed by atoms with Crippen molar-refractivity contribution in [3.05, 3.63) is 65.7 Å². The standard InChI is InChI=1S/C17H22N2O2/c1-20-10-11-21-15-9-5-8-14(12-15)17(19)16(18)13-6-3-2-4-7-13/h2-9,12,16-17H,10-11,18-19H2,1H3. The van der Waals surface area contributed by atoms with Crippen LogP contribution >= 0.6 is 0 Å². The van der Waals surface area contributed by atoms with Crippen LogP contribution in [0.5, 0.6) is 5.75 Å². The minimum atomic E-state index is -0.279. The van der Waals surface area contributed by atoms with Gasteiger partial charge in [-0.25, -0.2) is 0 Å². The lowest BCUT2D eigenvalue weighted by Crippen LogP contribution is -2.26. The van der Waals surface area contributed by atoms with Gasteiger partial charge in [0.2, 0.25) is 0 Å². The van der Waals surface area contributed by atoms with Gasteiger partial charge in [-0.3, -0.25) is 0 Å². The van der Waals surface area contributed by atoms with E-state index in [1.54, 1.807) is 7.11 Å². The summed E-state index contributed by atoms with van der Waals surface area (Å²) in [6, 6.07) is 17.1. The van der Waals surface area contributed by atoms with E-state index in [2.05, 4.69) is 0 Å². The van der Waals surface area contributed by atoms with Gasteiger partial charge in [0.25, 0.3) is 0 Å². The molecule has 0 saturated heterocycles. The van der Waals surface area contributed by atoms with Crippen LogP contribution in [0.15, 0.2) is 54.6 Å². The lowest BCUT2D eigenvalue weighted by molar-refractivity contribution is 0.146. The Bertz CT molecular complexity index is 545. The number of nitrogens with two attached hydrogens (primary N) is 2. The Hall–Kier alpha value is -1.88. The third-order valence-electron chi connectivity index (χ3n) is 3.37. The Morgan fingerprint density at radius 2 is 1.52 bits per heavy atom. The van der Waals surface area contributed by atoms with E-state index in [4.69, 9.17) is 20.9 Å². The van der Waals surface area contributed by atoms with E-state index in [0.29, 0.717) is 13.2 Å². The normalized spacial score (nSPS) is 13.7. The molecule has 0 aliphatic heterocycles. The molecule has 112 valence electrons. The molecule has 2 aromatic carbocycles. The largest absolute Gasteiger partial charge is 0.491 e. The van der Waals surface area contributed by atoms with Crippen molar-refractivity contribution in [3.8, 4) is 5.75 Å². The van der Waals surface area contributed by atoms with Gasteiger partial charge >= 0.3 is 0 Å². The fraction of sp³-hybridized carbons (Fsp3) is 0.294. The molecular formula is C17H22N2O2. The Balaban J connectivity index is 2.08. The van der Waals surface area contributed by atoms with Crippen molar-refractivity contribution in [2.24, 2.45) is 11.5 Å². The minimum Gasteiger partial charge on any atom is -0.491 e. The third kappa shape index (κ3) is 4.29. The van der Waals surface area contributed by atoms with Crippen LogP contribution in [-0.2, 0) is 4.74 Å². The van der Waals surface area contributed by atoms with Crippen molar-refractivity contribution in [1.29, 1.82) is 0 Å². The summed E-state index contributed by atoms with van der Waals surface area (Å²) in [7, 11) is 1.65. The highest BCUT2D eigenvalue weighted by Gasteiger charge is 2.17. The zero-order valence-corrected chi connectivity index (χ0v) is 12.2. The van der Waals surface area contributed by atoms with E-state index < -0.39 is 0 Å². The Morgan fingerprint density at radius 1 is 0.857 bits per heavy atom. The maximum absolute atomic E-state index is 6.29. The summed E-state index contributed by atoms with van der Waals surface area (Å²) in [6.07, 6.45) is 0. The first-order valence-electron chi connectivity index (χ1n) is 7.00. The van der Waals surface area contributed by atoms with Gasteiger partial charge in [0.15, 0.2) is 0 Å². The van der Waals surface area contributed by atoms with Crippen LogP contribution < -0.4 is 16.2 Å². The average molecular weight is 286 g/mol. The number of methoxy groups -OCH3 is 1. The molecule has 4 N–H and O–H groups in total. The molecule has 21 heavy (non-hydrogen) atoms. The smallest absolute Gasteiger partial charge is 0.119 e. The van der Waals surface area contributed by atoms with Crippen molar-refractivity contribution < 1.29 is 9.47 Å². The molecule has 0 fully saturated rings. The molecular weight excluding hydrogens is 264 g/mol. The highest BCUT2D eigenvalue weighted by molar-refractivity contribution is 5.33. The predicted octanol–water partition coefficient (Wildman–Crippen LogP) is 2.41. The zero-order valence-electron chi connectivity index (χ0n) is 12.2. The van der Waals surface area contributed by atoms with Crippen molar-refractivity contribution in [2.45, 2.75) is 12.1 Å². The SMILES string of the molecule is COCCOc1cccc(C(N)C(N)c2ccccc2)c1. The Morgan fingerprint density at radius 3 is 2.24 bits per heavy atom. The lowest BCUT2D eigenvalue weighted by atomic mass is 9.95. The number of hydrogen-bond acceptors (Lipinski definition) is 4. The van der Waals surface area contributed by atoms with Crippen LogP contribution in [0.3, 0.4) is 0 Å². The first-order valence-corrected chi connectivity index (χ1v) is 7.00. The molecule has 2 atom stereocenters. The highest BCUT2D eigenvalue weighted by Crippen LogP contribution is 2.26. The summed E-state index contributed by atoms with van der Waals surface area (Å²) in [6.45, 7) is 1.07. The van der Waals surface area contributed by atoms with Gasteiger partial charge in [0.05, 0.1) is 6.61 Å². The summed E-state index contributed by atoms with van der Waals surface area (Å²) in [5.41, 5.74) is 14.5. The monoisotopic (exact) mass is 286 g/mol. The van der Waals surface area contributed by atoms with Crippen LogP contribution in [-0.4, -0.2) is 20.3 Å². The van der Waals surface area contributed by atoms with Crippen LogP contribution in [0.25, 0.3) is 0 Å². The topological polar surface area (TPSA) is 70.5 Å². The number of benzene rings is 2. The molecule has 0 aliphatic carbocycles. The van der Waals surface area contributed by atoms with Gasteiger partial charge in [0, 0.05) is 19.2 Å². The lowest BCUT2D eigenvalue weighted by Gasteiger charge is -2.21. The third-order valence-corrected chi connectivity index (χ3v) is 3.37. The Kier molecular flexibility index (Phi) is 5.75. The maximum Gasteiger partial charge on any atom is 0.119 e. The molecule has 0 saturated carbocycles. The van der Waals surface area contributed by atoms with Crippen molar-refractivity contribution >= 4 is 0 Å². The van der Waals surface area contributed by atoms with Gasteiger partial charge in [0.1, 0.15) is 12.4 Å². The van der Waals surface area contributed by atoms with Crippen LogP contribution in [0.4, 0.5) is 0 Å². The molecule has 0 radical (unpaired) electrons. The van der Waals surface area contributed by atoms with Gasteiger partial charge < -0.3 is 20.9 Å². The summed E-state index contributed by atoms with van der Waals surface area (Å²) in [5.74, 6) is 0.778. The second-order valence-electron chi connectivity index (χ2n) is 4.88. The van der Waals surface area contributed by atoms with E-state index >= 15 is 0 Å². The maximum atomic E-state index is 6.29. The van der Waals surface area contributed by atoms with Gasteiger partial charge in [-0.2, -0.15) is 0 Å². The highest BCUT2D eigenvalue weighted by atomic mass is 16.5. The molecule has 2 rings (SSSR count). The van der Waals surface area contributed by atoms with E-state index in [1.807, 2.05) is 54.6 Å². The molecule has 4 nitrogen and oxygen atoms in total. The van der Waals surface area contributed by atoms with E-state index in [1.165, 1.54) is 0 Å². The quantitative estimate of drug-likeness (QED) is 0.767. The molecule has 0 bridgehead atoms. The summed E-state index contributed by atoms with van der Waals surface area (Å²) in [5, 5.41) is 0. The molecule has 4 heteroatoms. The summed E-state index contributed by atoms with van der Waals surface area (Å²) >= 11 is 0. The number of rotatable bonds is 7. The molecule has 0 aliphatic rings. The molecule has 0 aromatic heterocycles. The first kappa shape index (κ1) is 15.5. The van der Waals surface area contributed by atoms with Gasteiger partial charge in [-0.15, -0.1) is 0 Å². The molecule has 0 spiro atoms. The molecule has 0 heterocycles. The molecule has 2 aromatic rings. The predicted molar refractivity (Wildman–Crippen MR) is 84.1 cm³/mol. The van der Waals surface area contributed by atoms with Gasteiger partial charge in [-0.1, -0.05) is 42.5 Å².